The molecule has 1 amide bonds. The first-order chi connectivity index (χ1) is 12.2. The van der Waals surface area contributed by atoms with Crippen molar-refractivity contribution in [1.82, 2.24) is 10.3 Å². The van der Waals surface area contributed by atoms with E-state index >= 15 is 0 Å². The van der Waals surface area contributed by atoms with Crippen LogP contribution >= 0.6 is 23.4 Å². The number of benzene rings is 2. The van der Waals surface area contributed by atoms with Gasteiger partial charge in [-0.15, -0.1) is 5.10 Å². The minimum absolute atomic E-state index is 0.0723. The van der Waals surface area contributed by atoms with E-state index in [1.165, 1.54) is 11.8 Å². The Balaban J connectivity index is 1.86. The Morgan fingerprint density at radius 3 is 2.64 bits per heavy atom. The van der Waals surface area contributed by atoms with Crippen molar-refractivity contribution in [3.63, 3.8) is 0 Å². The van der Waals surface area contributed by atoms with Gasteiger partial charge in [0, 0.05) is 21.8 Å². The third-order valence-electron chi connectivity index (χ3n) is 4.24. The molecule has 2 aromatic carbocycles. The largest absolute Gasteiger partial charge is 0.360 e. The number of fused-ring (bicyclic) bond motifs is 3. The molecule has 5 nitrogen and oxygen atoms in total. The summed E-state index contributed by atoms with van der Waals surface area (Å²) in [6.07, 6.45) is -0.313. The van der Waals surface area contributed by atoms with Gasteiger partial charge in [-0.2, -0.15) is 0 Å². The summed E-state index contributed by atoms with van der Waals surface area (Å²) in [7, 11) is 0. The molecule has 4 rings (SSSR count). The number of nitrogens with zero attached hydrogens (tertiary/aromatic N) is 2. The van der Waals surface area contributed by atoms with Gasteiger partial charge in [0.1, 0.15) is 6.17 Å². The topological polar surface area (TPSA) is 56.7 Å². The number of hydrogen-bond acceptors (Lipinski definition) is 5. The predicted octanol–water partition coefficient (Wildman–Crippen LogP) is 3.96. The molecule has 0 bridgehead atoms. The predicted molar refractivity (Wildman–Crippen MR) is 103 cm³/mol. The summed E-state index contributed by atoms with van der Waals surface area (Å²) in [5.74, 6) is 0.759. The highest BCUT2D eigenvalue weighted by Gasteiger charge is 2.42. The van der Waals surface area contributed by atoms with Crippen molar-refractivity contribution < 1.29 is 4.79 Å². The van der Waals surface area contributed by atoms with E-state index < -0.39 is 6.04 Å². The van der Waals surface area contributed by atoms with Gasteiger partial charge in [-0.1, -0.05) is 66.7 Å². The number of para-hydroxylation sites is 1. The summed E-state index contributed by atoms with van der Waals surface area (Å²) < 4.78 is 0. The first kappa shape index (κ1) is 16.3. The Morgan fingerprint density at radius 1 is 1.16 bits per heavy atom. The Labute approximate surface area is 155 Å². The van der Waals surface area contributed by atoms with Gasteiger partial charge in [0.2, 0.25) is 0 Å². The van der Waals surface area contributed by atoms with E-state index in [2.05, 4.69) is 10.6 Å². The fourth-order valence-corrected chi connectivity index (χ4v) is 4.01. The van der Waals surface area contributed by atoms with Gasteiger partial charge >= 0.3 is 0 Å². The van der Waals surface area contributed by atoms with E-state index in [1.54, 1.807) is 0 Å². The van der Waals surface area contributed by atoms with E-state index in [9.17, 15) is 4.79 Å². The van der Waals surface area contributed by atoms with Gasteiger partial charge in [0.25, 0.3) is 5.91 Å². The van der Waals surface area contributed by atoms with Crippen LogP contribution in [0.15, 0.2) is 53.6 Å². The lowest BCUT2D eigenvalue weighted by Crippen LogP contribution is -2.51. The molecule has 128 valence electrons. The Morgan fingerprint density at radius 2 is 1.88 bits per heavy atom. The number of halogens is 1. The molecular formula is C18H17ClN4OS. The molecule has 2 aliphatic rings. The number of nitrogens with one attached hydrogen (secondary N) is 2. The Kier molecular flexibility index (Phi) is 4.31. The van der Waals surface area contributed by atoms with Crippen LogP contribution in [0.4, 0.5) is 5.69 Å². The second kappa shape index (κ2) is 6.61. The number of carbonyl (C=O) groups excluding carboxylic acids is 1. The van der Waals surface area contributed by atoms with Gasteiger partial charge in [0.05, 0.1) is 0 Å². The zero-order chi connectivity index (χ0) is 17.4. The summed E-state index contributed by atoms with van der Waals surface area (Å²) in [4.78, 5) is 12.8. The zero-order valence-electron chi connectivity index (χ0n) is 13.6. The lowest BCUT2D eigenvalue weighted by molar-refractivity contribution is -0.127. The molecule has 25 heavy (non-hydrogen) atoms. The highest BCUT2D eigenvalue weighted by molar-refractivity contribution is 8.13. The Bertz CT molecular complexity index is 856. The number of carbonyl (C=O) groups is 1. The molecule has 0 fully saturated rings. The molecule has 2 heterocycles. The maximum atomic E-state index is 12.8. The molecule has 2 aliphatic heterocycles. The summed E-state index contributed by atoms with van der Waals surface area (Å²) in [6, 6.07) is 15.0. The van der Waals surface area contributed by atoms with Crippen LogP contribution in [0.2, 0.25) is 5.02 Å². The lowest BCUT2D eigenvalue weighted by atomic mass is 9.97. The summed E-state index contributed by atoms with van der Waals surface area (Å²) in [6.45, 7) is 2.03. The quantitative estimate of drug-likeness (QED) is 0.837. The monoisotopic (exact) mass is 372 g/mol. The van der Waals surface area contributed by atoms with Gasteiger partial charge < -0.3 is 10.6 Å². The van der Waals surface area contributed by atoms with Gasteiger partial charge in [0.15, 0.2) is 11.2 Å². The molecule has 0 spiro atoms. The van der Waals surface area contributed by atoms with Crippen molar-refractivity contribution in [2.45, 2.75) is 19.1 Å². The van der Waals surface area contributed by atoms with E-state index in [0.717, 1.165) is 22.6 Å². The maximum Gasteiger partial charge on any atom is 0.255 e. The van der Waals surface area contributed by atoms with Crippen molar-refractivity contribution in [3.05, 3.63) is 64.7 Å². The number of amidine groups is 1. The molecule has 0 radical (unpaired) electrons. The molecule has 2 aromatic rings. The van der Waals surface area contributed by atoms with E-state index in [-0.39, 0.29) is 12.1 Å². The number of amides is 1. The van der Waals surface area contributed by atoms with Gasteiger partial charge in [-0.05, 0) is 17.9 Å². The van der Waals surface area contributed by atoms with Gasteiger partial charge in [-0.25, -0.2) is 0 Å². The number of thioether (sulfide) groups is 1. The molecule has 0 saturated carbocycles. The van der Waals surface area contributed by atoms with Crippen molar-refractivity contribution in [3.8, 4) is 0 Å². The minimum Gasteiger partial charge on any atom is -0.360 e. The summed E-state index contributed by atoms with van der Waals surface area (Å²) in [5.41, 5.74) is 2.72. The first-order valence-corrected chi connectivity index (χ1v) is 9.46. The van der Waals surface area contributed by atoms with E-state index in [0.29, 0.717) is 10.2 Å². The van der Waals surface area contributed by atoms with Crippen LogP contribution in [0.1, 0.15) is 30.3 Å². The molecular weight excluding hydrogens is 356 g/mol. The van der Waals surface area contributed by atoms with Crippen molar-refractivity contribution in [1.29, 1.82) is 0 Å². The maximum absolute atomic E-state index is 12.8. The van der Waals surface area contributed by atoms with Crippen molar-refractivity contribution >= 4 is 40.1 Å². The zero-order valence-corrected chi connectivity index (χ0v) is 15.1. The van der Waals surface area contributed by atoms with Crippen LogP contribution in [0.5, 0.6) is 0 Å². The second-order valence-corrected chi connectivity index (χ2v) is 7.43. The summed E-state index contributed by atoms with van der Waals surface area (Å²) in [5, 5.41) is 14.2. The first-order valence-electron chi connectivity index (χ1n) is 8.09. The highest BCUT2D eigenvalue weighted by Crippen LogP contribution is 2.43. The van der Waals surface area contributed by atoms with Crippen LogP contribution in [0.25, 0.3) is 0 Å². The Hall–Kier alpha value is -2.18. The molecule has 2 atom stereocenters. The molecule has 7 heteroatoms. The molecule has 0 saturated heterocycles. The molecule has 2 N–H and O–H groups in total. The van der Waals surface area contributed by atoms with Crippen LogP contribution in [0, 0.1) is 0 Å². The van der Waals surface area contributed by atoms with Gasteiger partial charge in [-0.3, -0.25) is 9.80 Å². The molecule has 0 aromatic heterocycles. The number of rotatable bonds is 2. The third kappa shape index (κ3) is 2.85. The smallest absolute Gasteiger partial charge is 0.255 e. The number of anilines is 1. The highest BCUT2D eigenvalue weighted by atomic mass is 35.5. The van der Waals surface area contributed by atoms with Crippen LogP contribution in [-0.4, -0.2) is 21.8 Å². The lowest BCUT2D eigenvalue weighted by Gasteiger charge is -2.43. The average molecular weight is 373 g/mol. The van der Waals surface area contributed by atoms with Crippen LogP contribution in [-0.2, 0) is 4.79 Å². The SMILES string of the molecule is CCSC1=NN2[C@@H](c3ccccc3Cl)Nc3ccccc3[C@H]2C(=O)N1. The van der Waals surface area contributed by atoms with Crippen LogP contribution < -0.4 is 10.6 Å². The third-order valence-corrected chi connectivity index (χ3v) is 5.33. The number of hydrogen-bond donors (Lipinski definition) is 2. The van der Waals surface area contributed by atoms with Crippen molar-refractivity contribution in [2.24, 2.45) is 5.10 Å². The van der Waals surface area contributed by atoms with E-state index in [1.807, 2.05) is 60.5 Å². The second-order valence-electron chi connectivity index (χ2n) is 5.77. The van der Waals surface area contributed by atoms with Crippen molar-refractivity contribution in [2.75, 3.05) is 11.1 Å². The normalized spacial score (nSPS) is 21.6. The standard InChI is InChI=1S/C18H17ClN4OS/c1-2-25-18-21-17(24)15-12-8-4-6-10-14(12)20-16(23(15)22-18)11-7-3-5-9-13(11)19/h3-10,15-16,20H,2H2,1H3,(H,21,22,24)/t15-,16-/m0/s1. The fourth-order valence-electron chi connectivity index (χ4n) is 3.17. The van der Waals surface area contributed by atoms with E-state index in [4.69, 9.17) is 16.7 Å². The fraction of sp³-hybridized carbons (Fsp3) is 0.222. The molecule has 0 aliphatic carbocycles. The van der Waals surface area contributed by atoms with Crippen LogP contribution in [0.3, 0.4) is 0 Å². The number of hydrazone groups is 1. The average Bonchev–Trinajstić information content (AvgIpc) is 2.61. The molecule has 0 unspecified atom stereocenters. The minimum atomic E-state index is -0.486. The summed E-state index contributed by atoms with van der Waals surface area (Å²) >= 11 is 7.94.